The van der Waals surface area contributed by atoms with Crippen LogP contribution < -0.4 is 5.63 Å². The van der Waals surface area contributed by atoms with Gasteiger partial charge in [-0.15, -0.1) is 0 Å². The van der Waals surface area contributed by atoms with Crippen LogP contribution in [0, 0.1) is 13.8 Å². The molecule has 3 nitrogen and oxygen atoms in total. The molecule has 0 spiro atoms. The summed E-state index contributed by atoms with van der Waals surface area (Å²) in [6.07, 6.45) is 5.80. The van der Waals surface area contributed by atoms with Crippen molar-refractivity contribution in [1.29, 1.82) is 0 Å². The number of fused-ring (bicyclic) bond motifs is 2. The first-order valence-corrected chi connectivity index (χ1v) is 10.5. The summed E-state index contributed by atoms with van der Waals surface area (Å²) in [6.45, 7) is 6.15. The number of aryl methyl sites for hydroxylation is 2. The molecule has 4 aromatic rings. The molecule has 0 aliphatic heterocycles. The van der Waals surface area contributed by atoms with E-state index >= 15 is 0 Å². The van der Waals surface area contributed by atoms with Crippen molar-refractivity contribution in [3.8, 4) is 11.1 Å². The largest absolute Gasteiger partial charge is 0.463 e. The molecule has 28 heavy (non-hydrogen) atoms. The van der Waals surface area contributed by atoms with Gasteiger partial charge in [-0.05, 0) is 56.0 Å². The lowest BCUT2D eigenvalue weighted by Crippen LogP contribution is -2.10. The Morgan fingerprint density at radius 2 is 1.71 bits per heavy atom. The highest BCUT2D eigenvalue weighted by molar-refractivity contribution is 9.10. The van der Waals surface area contributed by atoms with Crippen LogP contribution in [-0.2, 0) is 6.42 Å². The third kappa shape index (κ3) is 3.20. The van der Waals surface area contributed by atoms with Crippen LogP contribution in [0.4, 0.5) is 0 Å². The molecular formula is C24H23BrO3. The molecule has 0 N–H and O–H groups in total. The lowest BCUT2D eigenvalue weighted by Gasteiger charge is -2.10. The molecule has 2 heterocycles. The fraction of sp³-hybridized carbons (Fsp3) is 0.292. The first-order chi connectivity index (χ1) is 13.5. The second-order valence-electron chi connectivity index (χ2n) is 7.36. The van der Waals surface area contributed by atoms with Crippen LogP contribution in [0.3, 0.4) is 0 Å². The highest BCUT2D eigenvalue weighted by atomic mass is 79.9. The molecular weight excluding hydrogens is 416 g/mol. The summed E-state index contributed by atoms with van der Waals surface area (Å²) < 4.78 is 12.7. The minimum atomic E-state index is -0.219. The van der Waals surface area contributed by atoms with Crippen molar-refractivity contribution in [3.05, 3.63) is 68.2 Å². The van der Waals surface area contributed by atoms with Crippen molar-refractivity contribution in [2.45, 2.75) is 46.5 Å². The average Bonchev–Trinajstić information content (AvgIpc) is 3.10. The fourth-order valence-corrected chi connectivity index (χ4v) is 4.15. The van der Waals surface area contributed by atoms with Crippen LogP contribution >= 0.6 is 15.9 Å². The van der Waals surface area contributed by atoms with Gasteiger partial charge < -0.3 is 8.83 Å². The summed E-state index contributed by atoms with van der Waals surface area (Å²) in [4.78, 5) is 12.6. The third-order valence-corrected chi connectivity index (χ3v) is 6.06. The SMILES string of the molecule is CCCCCc1c(C)c2cc3c(-c4ccc(Br)cc4)coc3c(C)c2oc1=O. The summed E-state index contributed by atoms with van der Waals surface area (Å²) in [6, 6.07) is 10.3. The monoisotopic (exact) mass is 438 g/mol. The highest BCUT2D eigenvalue weighted by Crippen LogP contribution is 2.37. The number of halogens is 1. The number of furan rings is 1. The average molecular weight is 439 g/mol. The first kappa shape index (κ1) is 19.0. The molecule has 0 fully saturated rings. The molecule has 0 radical (unpaired) electrons. The van der Waals surface area contributed by atoms with Crippen LogP contribution in [0.15, 0.2) is 54.7 Å². The van der Waals surface area contributed by atoms with E-state index in [2.05, 4.69) is 41.1 Å². The van der Waals surface area contributed by atoms with Gasteiger partial charge in [0.1, 0.15) is 11.2 Å². The van der Waals surface area contributed by atoms with Crippen molar-refractivity contribution in [1.82, 2.24) is 0 Å². The molecule has 144 valence electrons. The summed E-state index contributed by atoms with van der Waals surface area (Å²) in [5.74, 6) is 0. The molecule has 0 atom stereocenters. The molecule has 0 saturated heterocycles. The van der Waals surface area contributed by atoms with E-state index in [1.54, 1.807) is 6.26 Å². The lowest BCUT2D eigenvalue weighted by atomic mass is 9.96. The highest BCUT2D eigenvalue weighted by Gasteiger charge is 2.18. The zero-order chi connectivity index (χ0) is 19.8. The maximum absolute atomic E-state index is 12.6. The molecule has 4 heteroatoms. The van der Waals surface area contributed by atoms with Crippen LogP contribution in [0.5, 0.6) is 0 Å². The molecule has 0 aliphatic rings. The van der Waals surface area contributed by atoms with Gasteiger partial charge >= 0.3 is 5.63 Å². The Kier molecular flexibility index (Phi) is 5.15. The standard InChI is InChI=1S/C24H23BrO3/c1-4-5-6-7-18-14(2)19-12-20-21(16-8-10-17(25)11-9-16)13-27-22(20)15(3)23(19)28-24(18)26/h8-13H,4-7H2,1-3H3. The van der Waals surface area contributed by atoms with Crippen LogP contribution in [0.1, 0.15) is 42.9 Å². The first-order valence-electron chi connectivity index (χ1n) is 9.74. The Balaban J connectivity index is 1.94. The Bertz CT molecular complexity index is 1210. The third-order valence-electron chi connectivity index (χ3n) is 5.53. The topological polar surface area (TPSA) is 43.4 Å². The summed E-state index contributed by atoms with van der Waals surface area (Å²) in [7, 11) is 0. The van der Waals surface area contributed by atoms with E-state index < -0.39 is 0 Å². The van der Waals surface area contributed by atoms with E-state index in [1.807, 2.05) is 26.0 Å². The van der Waals surface area contributed by atoms with Crippen LogP contribution in [-0.4, -0.2) is 0 Å². The van der Waals surface area contributed by atoms with E-state index in [0.29, 0.717) is 5.58 Å². The molecule has 0 unspecified atom stereocenters. The van der Waals surface area contributed by atoms with Gasteiger partial charge in [-0.1, -0.05) is 47.8 Å². The minimum Gasteiger partial charge on any atom is -0.463 e. The Morgan fingerprint density at radius 3 is 2.43 bits per heavy atom. The van der Waals surface area contributed by atoms with E-state index in [4.69, 9.17) is 8.83 Å². The second kappa shape index (κ2) is 7.59. The van der Waals surface area contributed by atoms with Gasteiger partial charge in [-0.25, -0.2) is 4.79 Å². The van der Waals surface area contributed by atoms with Crippen molar-refractivity contribution < 1.29 is 8.83 Å². The molecule has 2 aromatic heterocycles. The molecule has 0 saturated carbocycles. The minimum absolute atomic E-state index is 0.219. The van der Waals surface area contributed by atoms with E-state index in [1.165, 1.54) is 0 Å². The number of unbranched alkanes of at least 4 members (excludes halogenated alkanes) is 2. The zero-order valence-corrected chi connectivity index (χ0v) is 18.0. The van der Waals surface area contributed by atoms with Gasteiger partial charge in [0.15, 0.2) is 0 Å². The maximum Gasteiger partial charge on any atom is 0.339 e. The number of hydrogen-bond donors (Lipinski definition) is 0. The van der Waals surface area contributed by atoms with Crippen molar-refractivity contribution >= 4 is 37.9 Å². The van der Waals surface area contributed by atoms with Crippen molar-refractivity contribution in [2.75, 3.05) is 0 Å². The summed E-state index contributed by atoms with van der Waals surface area (Å²) in [5, 5.41) is 2.04. The number of rotatable bonds is 5. The smallest absolute Gasteiger partial charge is 0.339 e. The van der Waals surface area contributed by atoms with Gasteiger partial charge in [0.25, 0.3) is 0 Å². The van der Waals surface area contributed by atoms with Crippen LogP contribution in [0.2, 0.25) is 0 Å². The van der Waals surface area contributed by atoms with Crippen molar-refractivity contribution in [3.63, 3.8) is 0 Å². The second-order valence-corrected chi connectivity index (χ2v) is 8.28. The lowest BCUT2D eigenvalue weighted by molar-refractivity contribution is 0.540. The quantitative estimate of drug-likeness (QED) is 0.242. The van der Waals surface area contributed by atoms with E-state index in [9.17, 15) is 4.79 Å². The Hall–Kier alpha value is -2.33. The molecule has 0 amide bonds. The van der Waals surface area contributed by atoms with Gasteiger partial charge in [0.2, 0.25) is 0 Å². The molecule has 0 bridgehead atoms. The number of benzene rings is 2. The van der Waals surface area contributed by atoms with Gasteiger partial charge in [-0.2, -0.15) is 0 Å². The molecule has 2 aromatic carbocycles. The predicted molar refractivity (Wildman–Crippen MR) is 118 cm³/mol. The van der Waals surface area contributed by atoms with E-state index in [0.717, 1.165) is 74.3 Å². The van der Waals surface area contributed by atoms with Gasteiger partial charge in [0.05, 0.1) is 6.26 Å². The predicted octanol–water partition coefficient (Wildman–Crippen LogP) is 7.32. The molecule has 4 rings (SSSR count). The van der Waals surface area contributed by atoms with E-state index in [-0.39, 0.29) is 5.63 Å². The van der Waals surface area contributed by atoms with Crippen LogP contribution in [0.25, 0.3) is 33.1 Å². The number of hydrogen-bond acceptors (Lipinski definition) is 3. The Labute approximate surface area is 172 Å². The van der Waals surface area contributed by atoms with Gasteiger partial charge in [-0.3, -0.25) is 0 Å². The van der Waals surface area contributed by atoms with Gasteiger partial charge in [0, 0.05) is 31.9 Å². The Morgan fingerprint density at radius 1 is 0.964 bits per heavy atom. The zero-order valence-electron chi connectivity index (χ0n) is 16.4. The maximum atomic E-state index is 12.6. The van der Waals surface area contributed by atoms with Crippen molar-refractivity contribution in [2.24, 2.45) is 0 Å². The fourth-order valence-electron chi connectivity index (χ4n) is 3.89. The normalized spacial score (nSPS) is 11.6. The summed E-state index contributed by atoms with van der Waals surface area (Å²) in [5.41, 5.74) is 6.02. The summed E-state index contributed by atoms with van der Waals surface area (Å²) >= 11 is 3.49. The molecule has 0 aliphatic carbocycles.